The van der Waals surface area contributed by atoms with Gasteiger partial charge >= 0.3 is 12.0 Å². The Hall–Kier alpha value is -2.08. The van der Waals surface area contributed by atoms with E-state index < -0.39 is 17.5 Å². The van der Waals surface area contributed by atoms with Crippen LogP contribution in [0.2, 0.25) is 0 Å². The molecule has 0 aliphatic rings. The van der Waals surface area contributed by atoms with Gasteiger partial charge in [0.25, 0.3) is 0 Å². The van der Waals surface area contributed by atoms with Crippen molar-refractivity contribution in [2.45, 2.75) is 19.4 Å². The van der Waals surface area contributed by atoms with Gasteiger partial charge in [-0.25, -0.2) is 9.59 Å². The van der Waals surface area contributed by atoms with Crippen LogP contribution in [-0.2, 0) is 4.74 Å². The second-order valence-electron chi connectivity index (χ2n) is 4.78. The van der Waals surface area contributed by atoms with Gasteiger partial charge in [0.05, 0.1) is 17.7 Å². The third-order valence-electron chi connectivity index (χ3n) is 2.32. The van der Waals surface area contributed by atoms with Crippen LogP contribution in [0, 0.1) is 0 Å². The minimum Gasteiger partial charge on any atom is -0.478 e. The zero-order valence-electron chi connectivity index (χ0n) is 11.2. The lowest BCUT2D eigenvalue weighted by atomic mass is 10.1. The normalized spacial score (nSPS) is 10.9. The van der Waals surface area contributed by atoms with Crippen molar-refractivity contribution in [3.63, 3.8) is 0 Å². The fraction of sp³-hybridized carbons (Fsp3) is 0.385. The number of hydrogen-bond acceptors (Lipinski definition) is 3. The maximum absolute atomic E-state index is 11.8. The molecule has 0 aliphatic carbocycles. The van der Waals surface area contributed by atoms with Crippen LogP contribution in [0.5, 0.6) is 0 Å². The summed E-state index contributed by atoms with van der Waals surface area (Å²) in [7, 11) is 1.55. The first-order valence-corrected chi connectivity index (χ1v) is 5.75. The molecule has 0 bridgehead atoms. The predicted octanol–water partition coefficient (Wildman–Crippen LogP) is 1.93. The highest BCUT2D eigenvalue weighted by Crippen LogP contribution is 2.11. The number of rotatable bonds is 5. The van der Waals surface area contributed by atoms with Crippen LogP contribution in [0.4, 0.5) is 10.5 Å². The zero-order valence-corrected chi connectivity index (χ0v) is 11.2. The Labute approximate surface area is 111 Å². The highest BCUT2D eigenvalue weighted by Gasteiger charge is 2.20. The van der Waals surface area contributed by atoms with Crippen LogP contribution >= 0.6 is 0 Å². The van der Waals surface area contributed by atoms with E-state index in [1.165, 1.54) is 12.1 Å². The number of carbonyl (C=O) groups is 2. The average molecular weight is 266 g/mol. The van der Waals surface area contributed by atoms with E-state index in [1.54, 1.807) is 19.2 Å². The summed E-state index contributed by atoms with van der Waals surface area (Å²) in [4.78, 5) is 22.6. The molecule has 19 heavy (non-hydrogen) atoms. The number of carboxylic acid groups (broad SMARTS) is 1. The van der Waals surface area contributed by atoms with E-state index in [1.807, 2.05) is 13.8 Å². The summed E-state index contributed by atoms with van der Waals surface area (Å²) < 4.78 is 4.99. The van der Waals surface area contributed by atoms with E-state index in [2.05, 4.69) is 10.6 Å². The Kier molecular flexibility index (Phi) is 4.88. The molecule has 0 saturated heterocycles. The Morgan fingerprint density at radius 3 is 2.63 bits per heavy atom. The molecule has 0 atom stereocenters. The van der Waals surface area contributed by atoms with Crippen molar-refractivity contribution in [3.8, 4) is 0 Å². The standard InChI is InChI=1S/C13H18N2O4/c1-13(2,8-19-3)15-12(18)14-10-6-4-5-9(7-10)11(16)17/h4-7H,8H2,1-3H3,(H,16,17)(H2,14,15,18). The number of carboxylic acids is 1. The zero-order chi connectivity index (χ0) is 14.5. The number of nitrogens with one attached hydrogen (secondary N) is 2. The molecule has 1 aromatic rings. The van der Waals surface area contributed by atoms with Crippen molar-refractivity contribution >= 4 is 17.7 Å². The van der Waals surface area contributed by atoms with Gasteiger partial charge in [-0.05, 0) is 32.0 Å². The molecule has 0 saturated carbocycles. The molecule has 104 valence electrons. The molecule has 2 amide bonds. The summed E-state index contributed by atoms with van der Waals surface area (Å²) in [6.07, 6.45) is 0. The Bertz CT molecular complexity index is 471. The summed E-state index contributed by atoms with van der Waals surface area (Å²) in [6, 6.07) is 5.63. The summed E-state index contributed by atoms with van der Waals surface area (Å²) in [5.74, 6) is -1.04. The van der Waals surface area contributed by atoms with Gasteiger partial charge in [0.2, 0.25) is 0 Å². The fourth-order valence-electron chi connectivity index (χ4n) is 1.60. The Morgan fingerprint density at radius 2 is 2.05 bits per heavy atom. The Balaban J connectivity index is 2.67. The smallest absolute Gasteiger partial charge is 0.335 e. The third kappa shape index (κ3) is 4.97. The summed E-state index contributed by atoms with van der Waals surface area (Å²) in [5.41, 5.74) is 0.0306. The lowest BCUT2D eigenvalue weighted by Crippen LogP contribution is -2.48. The molecule has 0 unspecified atom stereocenters. The van der Waals surface area contributed by atoms with E-state index in [9.17, 15) is 9.59 Å². The molecule has 1 aromatic carbocycles. The molecule has 3 N–H and O–H groups in total. The molecule has 0 radical (unpaired) electrons. The number of benzene rings is 1. The van der Waals surface area contributed by atoms with Gasteiger partial charge < -0.3 is 20.5 Å². The molecule has 6 nitrogen and oxygen atoms in total. The summed E-state index contributed by atoms with van der Waals surface area (Å²) >= 11 is 0. The highest BCUT2D eigenvalue weighted by molar-refractivity contribution is 5.93. The predicted molar refractivity (Wildman–Crippen MR) is 71.5 cm³/mol. The number of hydrogen-bond donors (Lipinski definition) is 3. The van der Waals surface area contributed by atoms with E-state index in [0.717, 1.165) is 0 Å². The molecule has 0 aliphatic heterocycles. The molecule has 0 fully saturated rings. The van der Waals surface area contributed by atoms with E-state index in [-0.39, 0.29) is 5.56 Å². The molecular weight excluding hydrogens is 248 g/mol. The lowest BCUT2D eigenvalue weighted by Gasteiger charge is -2.25. The van der Waals surface area contributed by atoms with Gasteiger partial charge in [0, 0.05) is 12.8 Å². The van der Waals surface area contributed by atoms with Gasteiger partial charge in [-0.3, -0.25) is 0 Å². The average Bonchev–Trinajstić information content (AvgIpc) is 2.27. The van der Waals surface area contributed by atoms with E-state index in [4.69, 9.17) is 9.84 Å². The van der Waals surface area contributed by atoms with Crippen molar-refractivity contribution in [2.75, 3.05) is 19.0 Å². The second-order valence-corrected chi connectivity index (χ2v) is 4.78. The number of aromatic carboxylic acids is 1. The van der Waals surface area contributed by atoms with Crippen LogP contribution in [-0.4, -0.2) is 36.4 Å². The maximum Gasteiger partial charge on any atom is 0.335 e. The monoisotopic (exact) mass is 266 g/mol. The van der Waals surface area contributed by atoms with Crippen molar-refractivity contribution in [1.29, 1.82) is 0 Å². The van der Waals surface area contributed by atoms with Gasteiger partial charge in [0.15, 0.2) is 0 Å². The summed E-state index contributed by atoms with van der Waals surface area (Å²) in [6.45, 7) is 4.02. The third-order valence-corrected chi connectivity index (χ3v) is 2.32. The number of urea groups is 1. The van der Waals surface area contributed by atoms with Gasteiger partial charge in [0.1, 0.15) is 0 Å². The minimum absolute atomic E-state index is 0.119. The first-order valence-electron chi connectivity index (χ1n) is 5.75. The van der Waals surface area contributed by atoms with Crippen LogP contribution in [0.25, 0.3) is 0 Å². The van der Waals surface area contributed by atoms with Gasteiger partial charge in [-0.15, -0.1) is 0 Å². The Morgan fingerprint density at radius 1 is 1.37 bits per heavy atom. The van der Waals surface area contributed by atoms with Crippen molar-refractivity contribution < 1.29 is 19.4 Å². The van der Waals surface area contributed by atoms with Crippen LogP contribution in [0.3, 0.4) is 0 Å². The fourth-order valence-corrected chi connectivity index (χ4v) is 1.60. The van der Waals surface area contributed by atoms with Crippen LogP contribution in [0.15, 0.2) is 24.3 Å². The SMILES string of the molecule is COCC(C)(C)NC(=O)Nc1cccc(C(=O)O)c1. The minimum atomic E-state index is -1.04. The molecule has 0 heterocycles. The highest BCUT2D eigenvalue weighted by atomic mass is 16.5. The molecule has 1 rings (SSSR count). The van der Waals surface area contributed by atoms with E-state index >= 15 is 0 Å². The van der Waals surface area contributed by atoms with Crippen molar-refractivity contribution in [2.24, 2.45) is 0 Å². The quantitative estimate of drug-likeness (QED) is 0.760. The number of amides is 2. The topological polar surface area (TPSA) is 87.7 Å². The first-order chi connectivity index (χ1) is 8.84. The number of carbonyl (C=O) groups excluding carboxylic acids is 1. The van der Waals surface area contributed by atoms with Crippen molar-refractivity contribution in [1.82, 2.24) is 5.32 Å². The van der Waals surface area contributed by atoms with Crippen LogP contribution in [0.1, 0.15) is 24.2 Å². The largest absolute Gasteiger partial charge is 0.478 e. The van der Waals surface area contributed by atoms with Gasteiger partial charge in [-0.1, -0.05) is 6.07 Å². The molecule has 0 spiro atoms. The van der Waals surface area contributed by atoms with Gasteiger partial charge in [-0.2, -0.15) is 0 Å². The second kappa shape index (κ2) is 6.19. The lowest BCUT2D eigenvalue weighted by molar-refractivity contribution is 0.0697. The van der Waals surface area contributed by atoms with Crippen molar-refractivity contribution in [3.05, 3.63) is 29.8 Å². The number of anilines is 1. The summed E-state index contributed by atoms with van der Waals surface area (Å²) in [5, 5.41) is 14.2. The molecule has 6 heteroatoms. The molecule has 0 aromatic heterocycles. The number of ether oxygens (including phenoxy) is 1. The van der Waals surface area contributed by atoms with E-state index in [0.29, 0.717) is 12.3 Å². The molecular formula is C13H18N2O4. The van der Waals surface area contributed by atoms with Crippen LogP contribution < -0.4 is 10.6 Å². The number of methoxy groups -OCH3 is 1. The first kappa shape index (κ1) is 15.0. The maximum atomic E-state index is 11.8.